The predicted molar refractivity (Wildman–Crippen MR) is 130 cm³/mol. The molecule has 182 valence electrons. The molecule has 0 bridgehead atoms. The minimum Gasteiger partial charge on any atom is -0.296 e. The molecule has 0 atom stereocenters. The summed E-state index contributed by atoms with van der Waals surface area (Å²) in [5, 5.41) is 11.5. The van der Waals surface area contributed by atoms with Gasteiger partial charge in [0.25, 0.3) is 5.91 Å². The molecule has 0 aliphatic carbocycles. The molecule has 2 aromatic heterocycles. The molecule has 0 spiro atoms. The minimum absolute atomic E-state index is 0.158. The Morgan fingerprint density at radius 1 is 1.14 bits per heavy atom. The van der Waals surface area contributed by atoms with Crippen LogP contribution in [0.5, 0.6) is 0 Å². The number of anilines is 1. The molecule has 4 aromatic rings. The first-order valence-electron chi connectivity index (χ1n) is 10.7. The number of hydrogen-bond donors (Lipinski definition) is 1. The summed E-state index contributed by atoms with van der Waals surface area (Å²) in [7, 11) is 0. The Hall–Kier alpha value is -3.24. The van der Waals surface area contributed by atoms with E-state index >= 15 is 0 Å². The van der Waals surface area contributed by atoms with Crippen LogP contribution in [0.25, 0.3) is 5.69 Å². The summed E-state index contributed by atoms with van der Waals surface area (Å²) in [4.78, 5) is 18.0. The van der Waals surface area contributed by atoms with Gasteiger partial charge in [-0.3, -0.25) is 10.1 Å². The highest BCUT2D eigenvalue weighted by Crippen LogP contribution is 2.34. The second kappa shape index (κ2) is 9.79. The van der Waals surface area contributed by atoms with Gasteiger partial charge in [-0.1, -0.05) is 41.9 Å². The Morgan fingerprint density at radius 2 is 1.89 bits per heavy atom. The second-order valence-corrected chi connectivity index (χ2v) is 9.37. The predicted octanol–water partition coefficient (Wildman–Crippen LogP) is 6.42. The summed E-state index contributed by atoms with van der Waals surface area (Å²) in [6.07, 6.45) is -3.51. The largest absolute Gasteiger partial charge is 0.416 e. The molecule has 0 aliphatic heterocycles. The van der Waals surface area contributed by atoms with E-state index in [9.17, 15) is 18.0 Å². The van der Waals surface area contributed by atoms with Crippen molar-refractivity contribution in [2.75, 3.05) is 5.32 Å². The van der Waals surface area contributed by atoms with E-state index in [2.05, 4.69) is 20.6 Å². The standard InChI is InChI=1S/C24H21ClF3N5OS/c1-4-15-7-5-6-8-19(15)33-14(3)21(31-32-33)22(34)30-23-29-13(2)20(35-23)12-16-11-17(24(26,27)28)9-10-18(16)25/h5-11H,4,12H2,1-3H3,(H,29,30,34). The first-order valence-corrected chi connectivity index (χ1v) is 11.9. The van der Waals surface area contributed by atoms with Crippen molar-refractivity contribution in [1.82, 2.24) is 20.0 Å². The molecule has 0 radical (unpaired) electrons. The van der Waals surface area contributed by atoms with E-state index in [1.54, 1.807) is 18.5 Å². The average Bonchev–Trinajstić information content (AvgIpc) is 3.36. The van der Waals surface area contributed by atoms with E-state index in [0.29, 0.717) is 27.0 Å². The van der Waals surface area contributed by atoms with Crippen LogP contribution in [0, 0.1) is 13.8 Å². The van der Waals surface area contributed by atoms with Gasteiger partial charge in [-0.25, -0.2) is 9.67 Å². The van der Waals surface area contributed by atoms with E-state index in [4.69, 9.17) is 11.6 Å². The number of rotatable bonds is 6. The van der Waals surface area contributed by atoms with E-state index in [0.717, 1.165) is 29.8 Å². The van der Waals surface area contributed by atoms with Crippen molar-refractivity contribution < 1.29 is 18.0 Å². The highest BCUT2D eigenvalue weighted by atomic mass is 35.5. The SMILES string of the molecule is CCc1ccccc1-n1nnc(C(=O)Nc2nc(C)c(Cc3cc(C(F)(F)F)ccc3Cl)s2)c1C. The van der Waals surface area contributed by atoms with E-state index < -0.39 is 17.6 Å². The Labute approximate surface area is 208 Å². The third kappa shape index (κ3) is 5.23. The van der Waals surface area contributed by atoms with E-state index in [-0.39, 0.29) is 17.1 Å². The number of nitrogens with zero attached hydrogens (tertiary/aromatic N) is 4. The Morgan fingerprint density at radius 3 is 2.60 bits per heavy atom. The van der Waals surface area contributed by atoms with E-state index in [1.165, 1.54) is 17.4 Å². The lowest BCUT2D eigenvalue weighted by Crippen LogP contribution is -2.14. The lowest BCUT2D eigenvalue weighted by atomic mass is 10.1. The summed E-state index contributed by atoms with van der Waals surface area (Å²) in [5.41, 5.74) is 2.82. The number of amides is 1. The molecule has 0 saturated carbocycles. The van der Waals surface area contributed by atoms with Gasteiger partial charge in [-0.05, 0) is 55.7 Å². The third-order valence-corrected chi connectivity index (χ3v) is 6.99. The highest BCUT2D eigenvalue weighted by molar-refractivity contribution is 7.15. The summed E-state index contributed by atoms with van der Waals surface area (Å²) in [6.45, 7) is 5.52. The number of alkyl halides is 3. The van der Waals surface area contributed by atoms with Crippen LogP contribution in [0.15, 0.2) is 42.5 Å². The van der Waals surface area contributed by atoms with Gasteiger partial charge in [-0.2, -0.15) is 13.2 Å². The number of aryl methyl sites for hydroxylation is 2. The number of hydrogen-bond acceptors (Lipinski definition) is 5. The normalized spacial score (nSPS) is 11.6. The zero-order valence-electron chi connectivity index (χ0n) is 19.1. The lowest BCUT2D eigenvalue weighted by Gasteiger charge is -2.10. The molecule has 11 heteroatoms. The van der Waals surface area contributed by atoms with Crippen LogP contribution in [-0.4, -0.2) is 25.9 Å². The van der Waals surface area contributed by atoms with Crippen LogP contribution in [0.1, 0.15) is 50.4 Å². The van der Waals surface area contributed by atoms with Gasteiger partial charge in [0.15, 0.2) is 10.8 Å². The number of benzene rings is 2. The number of carbonyl (C=O) groups is 1. The zero-order chi connectivity index (χ0) is 25.3. The summed E-state index contributed by atoms with van der Waals surface area (Å²) >= 11 is 7.32. The maximum Gasteiger partial charge on any atom is 0.416 e. The zero-order valence-corrected chi connectivity index (χ0v) is 20.6. The molecule has 0 fully saturated rings. The third-order valence-electron chi connectivity index (χ3n) is 5.55. The second-order valence-electron chi connectivity index (χ2n) is 7.88. The van der Waals surface area contributed by atoms with Crippen molar-refractivity contribution >= 4 is 34.0 Å². The van der Waals surface area contributed by atoms with Crippen LogP contribution in [0.2, 0.25) is 5.02 Å². The molecule has 2 heterocycles. The van der Waals surface area contributed by atoms with Crippen molar-refractivity contribution in [3.63, 3.8) is 0 Å². The number of halogens is 4. The molecule has 0 aliphatic rings. The molecular weight excluding hydrogens is 499 g/mol. The molecular formula is C24H21ClF3N5OS. The van der Waals surface area contributed by atoms with Gasteiger partial charge < -0.3 is 0 Å². The van der Waals surface area contributed by atoms with Crippen LogP contribution >= 0.6 is 22.9 Å². The Bertz CT molecular complexity index is 1400. The molecule has 1 amide bonds. The first kappa shape index (κ1) is 24.9. The van der Waals surface area contributed by atoms with Gasteiger partial charge in [0.2, 0.25) is 0 Å². The van der Waals surface area contributed by atoms with Gasteiger partial charge in [-0.15, -0.1) is 16.4 Å². The van der Waals surface area contributed by atoms with E-state index in [1.807, 2.05) is 31.2 Å². The highest BCUT2D eigenvalue weighted by Gasteiger charge is 2.31. The molecule has 0 saturated heterocycles. The number of para-hydroxylation sites is 1. The van der Waals surface area contributed by atoms with Gasteiger partial charge in [0.05, 0.1) is 22.6 Å². The monoisotopic (exact) mass is 519 g/mol. The molecule has 35 heavy (non-hydrogen) atoms. The molecule has 1 N–H and O–H groups in total. The summed E-state index contributed by atoms with van der Waals surface area (Å²) < 4.78 is 40.9. The van der Waals surface area contributed by atoms with Crippen molar-refractivity contribution in [1.29, 1.82) is 0 Å². The number of thiazole rings is 1. The van der Waals surface area contributed by atoms with Crippen LogP contribution in [0.3, 0.4) is 0 Å². The smallest absolute Gasteiger partial charge is 0.296 e. The first-order chi connectivity index (χ1) is 16.6. The van der Waals surface area contributed by atoms with Crippen molar-refractivity contribution in [2.45, 2.75) is 39.8 Å². The minimum atomic E-state index is -4.46. The summed E-state index contributed by atoms with van der Waals surface area (Å²) in [5.74, 6) is -0.472. The molecule has 2 aromatic carbocycles. The molecule has 6 nitrogen and oxygen atoms in total. The van der Waals surface area contributed by atoms with Gasteiger partial charge in [0.1, 0.15) is 0 Å². The maximum atomic E-state index is 13.1. The number of aromatic nitrogens is 4. The fourth-order valence-electron chi connectivity index (χ4n) is 3.65. The summed E-state index contributed by atoms with van der Waals surface area (Å²) in [6, 6.07) is 11.0. The van der Waals surface area contributed by atoms with Gasteiger partial charge in [0, 0.05) is 16.3 Å². The van der Waals surface area contributed by atoms with Crippen LogP contribution in [-0.2, 0) is 19.0 Å². The fraction of sp³-hybridized carbons (Fsp3) is 0.250. The Balaban J connectivity index is 1.55. The molecule has 0 unspecified atom stereocenters. The van der Waals surface area contributed by atoms with Crippen molar-refractivity contribution in [3.05, 3.63) is 86.1 Å². The van der Waals surface area contributed by atoms with Gasteiger partial charge >= 0.3 is 6.18 Å². The van der Waals surface area contributed by atoms with Crippen molar-refractivity contribution in [3.8, 4) is 5.69 Å². The van der Waals surface area contributed by atoms with Crippen LogP contribution in [0.4, 0.5) is 18.3 Å². The topological polar surface area (TPSA) is 72.7 Å². The quantitative estimate of drug-likeness (QED) is 0.319. The average molecular weight is 520 g/mol. The van der Waals surface area contributed by atoms with Crippen molar-refractivity contribution in [2.24, 2.45) is 0 Å². The van der Waals surface area contributed by atoms with Crippen LogP contribution < -0.4 is 5.32 Å². The molecule has 4 rings (SSSR count). The number of nitrogens with one attached hydrogen (secondary N) is 1. The lowest BCUT2D eigenvalue weighted by molar-refractivity contribution is -0.137. The maximum absolute atomic E-state index is 13.1. The number of carbonyl (C=O) groups excluding carboxylic acids is 1. The Kier molecular flexibility index (Phi) is 6.95. The fourth-order valence-corrected chi connectivity index (χ4v) is 4.81.